The summed E-state index contributed by atoms with van der Waals surface area (Å²) in [5.41, 5.74) is 6.55. The van der Waals surface area contributed by atoms with E-state index in [2.05, 4.69) is 20.6 Å². The fraction of sp³-hybridized carbons (Fsp3) is 0.316. The van der Waals surface area contributed by atoms with Gasteiger partial charge in [0.2, 0.25) is 5.91 Å². The van der Waals surface area contributed by atoms with Crippen LogP contribution in [0, 0.1) is 20.8 Å². The van der Waals surface area contributed by atoms with Crippen LogP contribution in [0.5, 0.6) is 0 Å². The van der Waals surface area contributed by atoms with E-state index in [9.17, 15) is 4.79 Å². The Labute approximate surface area is 157 Å². The number of halogens is 1. The number of aromatic nitrogens is 4. The normalized spacial score (nSPS) is 11.0. The predicted molar refractivity (Wildman–Crippen MR) is 102 cm³/mol. The van der Waals surface area contributed by atoms with Gasteiger partial charge in [-0.25, -0.2) is 0 Å². The van der Waals surface area contributed by atoms with Gasteiger partial charge in [0.05, 0.1) is 17.8 Å². The summed E-state index contributed by atoms with van der Waals surface area (Å²) in [7, 11) is 1.90. The molecule has 1 amide bonds. The molecule has 6 nitrogen and oxygen atoms in total. The molecule has 0 spiro atoms. The molecule has 136 valence electrons. The Morgan fingerprint density at radius 1 is 1.19 bits per heavy atom. The number of hydrogen-bond donors (Lipinski definition) is 2. The van der Waals surface area contributed by atoms with Gasteiger partial charge in [0, 0.05) is 46.7 Å². The molecule has 0 aliphatic heterocycles. The van der Waals surface area contributed by atoms with Gasteiger partial charge in [0.25, 0.3) is 0 Å². The van der Waals surface area contributed by atoms with Crippen molar-refractivity contribution in [2.75, 3.05) is 0 Å². The van der Waals surface area contributed by atoms with Crippen molar-refractivity contribution in [2.24, 2.45) is 7.05 Å². The fourth-order valence-corrected chi connectivity index (χ4v) is 3.12. The van der Waals surface area contributed by atoms with Crippen molar-refractivity contribution in [3.05, 3.63) is 57.5 Å². The highest BCUT2D eigenvalue weighted by Crippen LogP contribution is 2.25. The highest BCUT2D eigenvalue weighted by atomic mass is 35.5. The topological polar surface area (TPSA) is 75.6 Å². The van der Waals surface area contributed by atoms with Crippen LogP contribution in [-0.2, 0) is 24.8 Å². The van der Waals surface area contributed by atoms with Crippen LogP contribution in [0.3, 0.4) is 0 Å². The van der Waals surface area contributed by atoms with E-state index in [1.165, 1.54) is 0 Å². The zero-order valence-electron chi connectivity index (χ0n) is 15.4. The first-order chi connectivity index (χ1) is 12.4. The van der Waals surface area contributed by atoms with Crippen LogP contribution in [0.4, 0.5) is 0 Å². The number of hydrogen-bond acceptors (Lipinski definition) is 3. The number of amides is 1. The van der Waals surface area contributed by atoms with Gasteiger partial charge in [0.15, 0.2) is 0 Å². The molecule has 3 aromatic rings. The summed E-state index contributed by atoms with van der Waals surface area (Å²) in [6.07, 6.45) is 0.263. The molecule has 0 bridgehead atoms. The highest BCUT2D eigenvalue weighted by molar-refractivity contribution is 6.30. The lowest BCUT2D eigenvalue weighted by Gasteiger charge is -2.07. The molecule has 0 unspecified atom stereocenters. The average Bonchev–Trinajstić information content (AvgIpc) is 3.07. The molecule has 0 aliphatic carbocycles. The fourth-order valence-electron chi connectivity index (χ4n) is 3.00. The third kappa shape index (κ3) is 3.65. The molecule has 0 fully saturated rings. The Balaban J connectivity index is 1.73. The molecular formula is C19H22ClN5O. The van der Waals surface area contributed by atoms with Crippen LogP contribution in [-0.4, -0.2) is 25.9 Å². The minimum Gasteiger partial charge on any atom is -0.352 e. The van der Waals surface area contributed by atoms with E-state index in [0.29, 0.717) is 11.6 Å². The SMILES string of the molecule is Cc1nn(C)c(C)c1CNC(=O)Cc1c(-c2ccc(Cl)cc2)n[nH]c1C. The Morgan fingerprint density at radius 2 is 1.88 bits per heavy atom. The second-order valence-electron chi connectivity index (χ2n) is 6.41. The van der Waals surface area contributed by atoms with E-state index in [1.54, 1.807) is 0 Å². The van der Waals surface area contributed by atoms with Gasteiger partial charge in [-0.1, -0.05) is 23.7 Å². The third-order valence-corrected chi connectivity index (χ3v) is 4.90. The predicted octanol–water partition coefficient (Wildman–Crippen LogP) is 3.25. The summed E-state index contributed by atoms with van der Waals surface area (Å²) in [6.45, 7) is 6.34. The van der Waals surface area contributed by atoms with Gasteiger partial charge in [-0.05, 0) is 32.9 Å². The van der Waals surface area contributed by atoms with Crippen LogP contribution >= 0.6 is 11.6 Å². The van der Waals surface area contributed by atoms with Crippen LogP contribution in [0.2, 0.25) is 5.02 Å². The third-order valence-electron chi connectivity index (χ3n) is 4.65. The molecule has 7 heteroatoms. The minimum absolute atomic E-state index is 0.0487. The van der Waals surface area contributed by atoms with Crippen molar-refractivity contribution in [3.63, 3.8) is 0 Å². The largest absolute Gasteiger partial charge is 0.352 e. The molecule has 0 radical (unpaired) electrons. The lowest BCUT2D eigenvalue weighted by atomic mass is 10.0. The summed E-state index contributed by atoms with van der Waals surface area (Å²) in [6, 6.07) is 7.45. The van der Waals surface area contributed by atoms with Gasteiger partial charge in [-0.2, -0.15) is 10.2 Å². The standard InChI is InChI=1S/C19H22ClN5O/c1-11-16(19(23-22-11)14-5-7-15(20)8-6-14)9-18(26)21-10-17-12(2)24-25(4)13(17)3/h5-8H,9-10H2,1-4H3,(H,21,26)(H,22,23). The van der Waals surface area contributed by atoms with Crippen molar-refractivity contribution >= 4 is 17.5 Å². The maximum absolute atomic E-state index is 12.5. The Kier molecular flexibility index (Phi) is 5.13. The number of benzene rings is 1. The van der Waals surface area contributed by atoms with Crippen LogP contribution in [0.1, 0.15) is 28.2 Å². The van der Waals surface area contributed by atoms with Crippen LogP contribution in [0.15, 0.2) is 24.3 Å². The average molecular weight is 372 g/mol. The summed E-state index contributed by atoms with van der Waals surface area (Å²) in [5, 5.41) is 15.4. The number of carbonyl (C=O) groups is 1. The number of aromatic amines is 1. The number of nitrogens with zero attached hydrogens (tertiary/aromatic N) is 3. The van der Waals surface area contributed by atoms with E-state index in [1.807, 2.05) is 56.8 Å². The molecule has 0 saturated carbocycles. The molecule has 0 saturated heterocycles. The highest BCUT2D eigenvalue weighted by Gasteiger charge is 2.17. The van der Waals surface area contributed by atoms with Crippen molar-refractivity contribution in [1.29, 1.82) is 0 Å². The lowest BCUT2D eigenvalue weighted by molar-refractivity contribution is -0.120. The Bertz CT molecular complexity index is 940. The summed E-state index contributed by atoms with van der Waals surface area (Å²) >= 11 is 5.96. The smallest absolute Gasteiger partial charge is 0.224 e. The first-order valence-electron chi connectivity index (χ1n) is 8.42. The van der Waals surface area contributed by atoms with Crippen molar-refractivity contribution in [2.45, 2.75) is 33.7 Å². The van der Waals surface area contributed by atoms with Crippen LogP contribution in [0.25, 0.3) is 11.3 Å². The van der Waals surface area contributed by atoms with E-state index >= 15 is 0 Å². The van der Waals surface area contributed by atoms with E-state index in [0.717, 1.165) is 39.5 Å². The zero-order chi connectivity index (χ0) is 18.8. The molecule has 3 rings (SSSR count). The molecular weight excluding hydrogens is 350 g/mol. The van der Waals surface area contributed by atoms with Crippen molar-refractivity contribution in [1.82, 2.24) is 25.3 Å². The van der Waals surface area contributed by atoms with E-state index < -0.39 is 0 Å². The second-order valence-corrected chi connectivity index (χ2v) is 6.85. The van der Waals surface area contributed by atoms with Crippen molar-refractivity contribution < 1.29 is 4.79 Å². The summed E-state index contributed by atoms with van der Waals surface area (Å²) in [5.74, 6) is -0.0487. The Hall–Kier alpha value is -2.60. The summed E-state index contributed by atoms with van der Waals surface area (Å²) < 4.78 is 1.83. The van der Waals surface area contributed by atoms with Gasteiger partial charge in [-0.3, -0.25) is 14.6 Å². The Morgan fingerprint density at radius 3 is 2.50 bits per heavy atom. The molecule has 26 heavy (non-hydrogen) atoms. The molecule has 0 atom stereocenters. The molecule has 1 aromatic carbocycles. The number of rotatable bonds is 5. The van der Waals surface area contributed by atoms with E-state index in [4.69, 9.17) is 11.6 Å². The van der Waals surface area contributed by atoms with Crippen LogP contribution < -0.4 is 5.32 Å². The zero-order valence-corrected chi connectivity index (χ0v) is 16.1. The maximum Gasteiger partial charge on any atom is 0.224 e. The number of nitrogens with one attached hydrogen (secondary N) is 2. The lowest BCUT2D eigenvalue weighted by Crippen LogP contribution is -2.25. The maximum atomic E-state index is 12.5. The first kappa shape index (κ1) is 18.2. The number of H-pyrrole nitrogens is 1. The number of carbonyl (C=O) groups excluding carboxylic acids is 1. The monoisotopic (exact) mass is 371 g/mol. The van der Waals surface area contributed by atoms with Gasteiger partial charge >= 0.3 is 0 Å². The number of aryl methyl sites for hydroxylation is 3. The minimum atomic E-state index is -0.0487. The van der Waals surface area contributed by atoms with E-state index in [-0.39, 0.29) is 12.3 Å². The quantitative estimate of drug-likeness (QED) is 0.722. The first-order valence-corrected chi connectivity index (χ1v) is 8.80. The van der Waals surface area contributed by atoms with Gasteiger partial charge < -0.3 is 5.32 Å². The van der Waals surface area contributed by atoms with Crippen molar-refractivity contribution in [3.8, 4) is 11.3 Å². The molecule has 2 N–H and O–H groups in total. The summed E-state index contributed by atoms with van der Waals surface area (Å²) in [4.78, 5) is 12.5. The van der Waals surface area contributed by atoms with Gasteiger partial charge in [0.1, 0.15) is 0 Å². The molecule has 2 heterocycles. The second kappa shape index (κ2) is 7.33. The molecule has 0 aliphatic rings. The van der Waals surface area contributed by atoms with Gasteiger partial charge in [-0.15, -0.1) is 0 Å². The molecule has 2 aromatic heterocycles.